The highest BCUT2D eigenvalue weighted by Gasteiger charge is 2.24. The van der Waals surface area contributed by atoms with Crippen LogP contribution in [0.25, 0.3) is 0 Å². The van der Waals surface area contributed by atoms with Crippen molar-refractivity contribution in [2.45, 2.75) is 19.8 Å². The van der Waals surface area contributed by atoms with Crippen LogP contribution in [0.2, 0.25) is 0 Å². The summed E-state index contributed by atoms with van der Waals surface area (Å²) in [6.45, 7) is 3.86. The third kappa shape index (κ3) is 1.71. The molecule has 0 radical (unpaired) electrons. The molecule has 0 amide bonds. The number of carboxylic acid groups (broad SMARTS) is 1. The number of hydrogen-bond donors (Lipinski definition) is 1. The van der Waals surface area contributed by atoms with Crippen molar-refractivity contribution in [3.05, 3.63) is 11.5 Å². The molecule has 0 spiro atoms. The minimum Gasteiger partial charge on any atom is -0.476 e. The fourth-order valence-corrected chi connectivity index (χ4v) is 1.25. The van der Waals surface area contributed by atoms with Crippen LogP contribution in [-0.2, 0) is 0 Å². The standard InChI is InChI=1S/C9H14N2O3/c1-5(2)8-7(11(3)4)6(9(12)13)10-14-8/h5H,1-4H3,(H,12,13). The molecule has 0 aliphatic carbocycles. The lowest BCUT2D eigenvalue weighted by Crippen LogP contribution is -2.14. The van der Waals surface area contributed by atoms with Crippen molar-refractivity contribution in [2.24, 2.45) is 0 Å². The lowest BCUT2D eigenvalue weighted by Gasteiger charge is -2.13. The zero-order valence-corrected chi connectivity index (χ0v) is 8.74. The maximum absolute atomic E-state index is 10.8. The smallest absolute Gasteiger partial charge is 0.360 e. The Balaban J connectivity index is 3.27. The minimum absolute atomic E-state index is 0.0290. The summed E-state index contributed by atoms with van der Waals surface area (Å²) in [6, 6.07) is 0. The van der Waals surface area contributed by atoms with Gasteiger partial charge in [0.25, 0.3) is 0 Å². The molecule has 0 saturated carbocycles. The van der Waals surface area contributed by atoms with Gasteiger partial charge in [0.15, 0.2) is 5.76 Å². The van der Waals surface area contributed by atoms with Crippen LogP contribution >= 0.6 is 0 Å². The van der Waals surface area contributed by atoms with Gasteiger partial charge in [0.2, 0.25) is 5.69 Å². The fourth-order valence-electron chi connectivity index (χ4n) is 1.25. The zero-order valence-electron chi connectivity index (χ0n) is 8.74. The first-order valence-corrected chi connectivity index (χ1v) is 4.35. The van der Waals surface area contributed by atoms with E-state index in [1.54, 1.807) is 19.0 Å². The van der Waals surface area contributed by atoms with Crippen molar-refractivity contribution < 1.29 is 14.4 Å². The van der Waals surface area contributed by atoms with Crippen LogP contribution in [0.1, 0.15) is 36.0 Å². The van der Waals surface area contributed by atoms with Gasteiger partial charge in [0.1, 0.15) is 5.69 Å². The fraction of sp³-hybridized carbons (Fsp3) is 0.556. The van der Waals surface area contributed by atoms with E-state index in [1.165, 1.54) is 0 Å². The van der Waals surface area contributed by atoms with E-state index in [1.807, 2.05) is 13.8 Å². The monoisotopic (exact) mass is 198 g/mol. The molecule has 5 heteroatoms. The van der Waals surface area contributed by atoms with Crippen molar-refractivity contribution in [3.63, 3.8) is 0 Å². The van der Waals surface area contributed by atoms with Crippen LogP contribution in [0, 0.1) is 0 Å². The second kappa shape index (κ2) is 3.69. The number of aromatic carboxylic acids is 1. The van der Waals surface area contributed by atoms with Crippen molar-refractivity contribution in [3.8, 4) is 0 Å². The number of carboxylic acids is 1. The van der Waals surface area contributed by atoms with Gasteiger partial charge in [-0.05, 0) is 0 Å². The van der Waals surface area contributed by atoms with Crippen molar-refractivity contribution >= 4 is 11.7 Å². The number of anilines is 1. The van der Waals surface area contributed by atoms with E-state index < -0.39 is 5.97 Å². The van der Waals surface area contributed by atoms with Crippen molar-refractivity contribution in [2.75, 3.05) is 19.0 Å². The maximum Gasteiger partial charge on any atom is 0.360 e. The second-order valence-corrected chi connectivity index (χ2v) is 3.60. The Hall–Kier alpha value is -1.52. The first-order valence-electron chi connectivity index (χ1n) is 4.35. The van der Waals surface area contributed by atoms with E-state index in [-0.39, 0.29) is 11.6 Å². The highest BCUT2D eigenvalue weighted by atomic mass is 16.5. The molecule has 0 unspecified atom stereocenters. The Kier molecular flexibility index (Phi) is 2.78. The first-order chi connectivity index (χ1) is 6.45. The first kappa shape index (κ1) is 10.6. The van der Waals surface area contributed by atoms with Crippen LogP contribution in [0.3, 0.4) is 0 Å². The summed E-state index contributed by atoms with van der Waals surface area (Å²) < 4.78 is 5.01. The molecule has 0 saturated heterocycles. The van der Waals surface area contributed by atoms with E-state index in [4.69, 9.17) is 9.63 Å². The minimum atomic E-state index is -1.07. The Labute approximate surface area is 82.3 Å². The molecular weight excluding hydrogens is 184 g/mol. The largest absolute Gasteiger partial charge is 0.476 e. The summed E-state index contributed by atoms with van der Waals surface area (Å²) in [4.78, 5) is 12.5. The van der Waals surface area contributed by atoms with Gasteiger partial charge in [-0.1, -0.05) is 19.0 Å². The SMILES string of the molecule is CC(C)c1onc(C(=O)O)c1N(C)C. The maximum atomic E-state index is 10.8. The molecule has 0 bridgehead atoms. The molecule has 5 nitrogen and oxygen atoms in total. The molecule has 1 heterocycles. The topological polar surface area (TPSA) is 66.6 Å². The molecule has 1 N–H and O–H groups in total. The number of hydrogen-bond acceptors (Lipinski definition) is 4. The van der Waals surface area contributed by atoms with Gasteiger partial charge < -0.3 is 14.5 Å². The van der Waals surface area contributed by atoms with Gasteiger partial charge >= 0.3 is 5.97 Å². The van der Waals surface area contributed by atoms with Gasteiger partial charge in [-0.15, -0.1) is 0 Å². The summed E-state index contributed by atoms with van der Waals surface area (Å²) in [5, 5.41) is 12.4. The molecule has 0 aromatic carbocycles. The van der Waals surface area contributed by atoms with Crippen molar-refractivity contribution in [1.82, 2.24) is 5.16 Å². The Morgan fingerprint density at radius 1 is 1.50 bits per heavy atom. The lowest BCUT2D eigenvalue weighted by atomic mass is 10.1. The molecule has 0 fully saturated rings. The molecule has 14 heavy (non-hydrogen) atoms. The van der Waals surface area contributed by atoms with Gasteiger partial charge in [-0.25, -0.2) is 4.79 Å². The van der Waals surface area contributed by atoms with E-state index in [0.29, 0.717) is 11.4 Å². The third-order valence-corrected chi connectivity index (χ3v) is 1.87. The van der Waals surface area contributed by atoms with Crippen molar-refractivity contribution in [1.29, 1.82) is 0 Å². The second-order valence-electron chi connectivity index (χ2n) is 3.60. The quantitative estimate of drug-likeness (QED) is 0.798. The Bertz CT molecular complexity index is 342. The predicted molar refractivity (Wildman–Crippen MR) is 51.9 cm³/mol. The number of carbonyl (C=O) groups is 1. The summed E-state index contributed by atoms with van der Waals surface area (Å²) in [7, 11) is 3.54. The summed E-state index contributed by atoms with van der Waals surface area (Å²) in [5.74, 6) is -0.343. The highest BCUT2D eigenvalue weighted by molar-refractivity contribution is 5.92. The predicted octanol–water partition coefficient (Wildman–Crippen LogP) is 1.56. The van der Waals surface area contributed by atoms with Gasteiger partial charge in [0.05, 0.1) is 0 Å². The molecule has 1 rings (SSSR count). The Morgan fingerprint density at radius 3 is 2.43 bits per heavy atom. The molecule has 1 aromatic rings. The van der Waals surface area contributed by atoms with Gasteiger partial charge in [0, 0.05) is 20.0 Å². The molecule has 78 valence electrons. The number of aromatic nitrogens is 1. The molecule has 1 aromatic heterocycles. The molecule has 0 atom stereocenters. The Morgan fingerprint density at radius 2 is 2.07 bits per heavy atom. The van der Waals surface area contributed by atoms with Crippen LogP contribution in [0.5, 0.6) is 0 Å². The number of nitrogens with zero attached hydrogens (tertiary/aromatic N) is 2. The van der Waals surface area contributed by atoms with E-state index in [0.717, 1.165) is 0 Å². The van der Waals surface area contributed by atoms with E-state index in [9.17, 15) is 4.79 Å². The average Bonchev–Trinajstić information content (AvgIpc) is 2.46. The normalized spacial score (nSPS) is 10.6. The summed E-state index contributed by atoms with van der Waals surface area (Å²) >= 11 is 0. The number of rotatable bonds is 3. The molecule has 0 aliphatic heterocycles. The van der Waals surface area contributed by atoms with Crippen LogP contribution in [0.15, 0.2) is 4.52 Å². The lowest BCUT2D eigenvalue weighted by molar-refractivity contribution is 0.0686. The van der Waals surface area contributed by atoms with Crippen LogP contribution < -0.4 is 4.90 Å². The molecular formula is C9H14N2O3. The van der Waals surface area contributed by atoms with E-state index in [2.05, 4.69) is 5.16 Å². The van der Waals surface area contributed by atoms with Gasteiger partial charge in [-0.3, -0.25) is 0 Å². The van der Waals surface area contributed by atoms with Crippen LogP contribution in [-0.4, -0.2) is 30.3 Å². The van der Waals surface area contributed by atoms with E-state index >= 15 is 0 Å². The third-order valence-electron chi connectivity index (χ3n) is 1.87. The van der Waals surface area contributed by atoms with Crippen LogP contribution in [0.4, 0.5) is 5.69 Å². The van der Waals surface area contributed by atoms with Gasteiger partial charge in [-0.2, -0.15) is 0 Å². The summed E-state index contributed by atoms with van der Waals surface area (Å²) in [5.41, 5.74) is 0.520. The highest BCUT2D eigenvalue weighted by Crippen LogP contribution is 2.29. The average molecular weight is 198 g/mol. The zero-order chi connectivity index (χ0) is 10.9. The molecule has 0 aliphatic rings. The summed E-state index contributed by atoms with van der Waals surface area (Å²) in [6.07, 6.45) is 0.